The number of rotatable bonds is 5. The molecule has 0 radical (unpaired) electrons. The summed E-state index contributed by atoms with van der Waals surface area (Å²) in [6.07, 6.45) is 7.54. The first-order valence-corrected chi connectivity index (χ1v) is 9.36. The SMILES string of the molecule is N#Cc1cnc(Nc2cccc([C@@H]3CCCN3Cc3ccncc3)n2)s1. The zero-order chi connectivity index (χ0) is 17.8. The van der Waals surface area contributed by atoms with Crippen molar-refractivity contribution < 1.29 is 0 Å². The van der Waals surface area contributed by atoms with Gasteiger partial charge in [-0.3, -0.25) is 9.88 Å². The maximum absolute atomic E-state index is 8.92. The summed E-state index contributed by atoms with van der Waals surface area (Å²) >= 11 is 1.33. The largest absolute Gasteiger partial charge is 0.316 e. The predicted molar refractivity (Wildman–Crippen MR) is 101 cm³/mol. The van der Waals surface area contributed by atoms with Gasteiger partial charge in [0.1, 0.15) is 16.8 Å². The van der Waals surface area contributed by atoms with E-state index in [4.69, 9.17) is 10.2 Å². The number of hydrogen-bond acceptors (Lipinski definition) is 7. The highest BCUT2D eigenvalue weighted by atomic mass is 32.1. The Morgan fingerprint density at radius 1 is 1.27 bits per heavy atom. The van der Waals surface area contributed by atoms with Gasteiger partial charge in [-0.25, -0.2) is 9.97 Å². The fourth-order valence-electron chi connectivity index (χ4n) is 3.27. The van der Waals surface area contributed by atoms with Gasteiger partial charge < -0.3 is 5.32 Å². The van der Waals surface area contributed by atoms with Crippen LogP contribution in [0.1, 0.15) is 35.0 Å². The molecule has 1 atom stereocenters. The first kappa shape index (κ1) is 16.6. The number of nitriles is 1. The summed E-state index contributed by atoms with van der Waals surface area (Å²) in [6.45, 7) is 1.98. The molecule has 0 amide bonds. The molecule has 0 unspecified atom stereocenters. The molecule has 1 aliphatic heterocycles. The van der Waals surface area contributed by atoms with Gasteiger partial charge >= 0.3 is 0 Å². The first-order chi connectivity index (χ1) is 12.8. The van der Waals surface area contributed by atoms with Crippen LogP contribution < -0.4 is 5.32 Å². The molecule has 4 heterocycles. The van der Waals surface area contributed by atoms with Crippen LogP contribution in [0.15, 0.2) is 48.9 Å². The van der Waals surface area contributed by atoms with E-state index in [1.54, 1.807) is 6.20 Å². The van der Waals surface area contributed by atoms with Gasteiger partial charge in [0.05, 0.1) is 17.9 Å². The molecule has 3 aromatic rings. The van der Waals surface area contributed by atoms with Crippen molar-refractivity contribution in [3.63, 3.8) is 0 Å². The Balaban J connectivity index is 1.50. The van der Waals surface area contributed by atoms with E-state index in [0.29, 0.717) is 16.1 Å². The van der Waals surface area contributed by atoms with Gasteiger partial charge in [0.25, 0.3) is 0 Å². The first-order valence-electron chi connectivity index (χ1n) is 8.55. The molecule has 0 bridgehead atoms. The van der Waals surface area contributed by atoms with Crippen molar-refractivity contribution in [1.82, 2.24) is 19.9 Å². The summed E-state index contributed by atoms with van der Waals surface area (Å²) in [6, 6.07) is 12.6. The molecule has 4 rings (SSSR count). The smallest absolute Gasteiger partial charge is 0.189 e. The Bertz CT molecular complexity index is 917. The van der Waals surface area contributed by atoms with Crippen molar-refractivity contribution >= 4 is 22.3 Å². The van der Waals surface area contributed by atoms with Gasteiger partial charge in [-0.2, -0.15) is 5.26 Å². The van der Waals surface area contributed by atoms with Gasteiger partial charge in [-0.05, 0) is 49.2 Å². The molecular formula is C19H18N6S. The molecular weight excluding hydrogens is 344 g/mol. The Hall–Kier alpha value is -2.82. The van der Waals surface area contributed by atoms with Crippen LogP contribution in [-0.4, -0.2) is 26.4 Å². The molecule has 3 aromatic heterocycles. The third kappa shape index (κ3) is 3.72. The zero-order valence-electron chi connectivity index (χ0n) is 14.2. The monoisotopic (exact) mass is 362 g/mol. The van der Waals surface area contributed by atoms with E-state index in [-0.39, 0.29) is 0 Å². The molecule has 1 N–H and O–H groups in total. The van der Waals surface area contributed by atoms with E-state index in [1.807, 2.05) is 24.5 Å². The molecule has 1 aliphatic rings. The topological polar surface area (TPSA) is 77.7 Å². The van der Waals surface area contributed by atoms with Crippen molar-refractivity contribution in [3.8, 4) is 6.07 Å². The third-order valence-corrected chi connectivity index (χ3v) is 5.28. The van der Waals surface area contributed by atoms with Crippen LogP contribution in [0.4, 0.5) is 10.9 Å². The lowest BCUT2D eigenvalue weighted by molar-refractivity contribution is 0.244. The van der Waals surface area contributed by atoms with Crippen molar-refractivity contribution in [1.29, 1.82) is 5.26 Å². The fraction of sp³-hybridized carbons (Fsp3) is 0.263. The Morgan fingerprint density at radius 2 is 2.15 bits per heavy atom. The minimum absolute atomic E-state index is 0.316. The number of nitrogens with zero attached hydrogens (tertiary/aromatic N) is 5. The molecule has 0 saturated carbocycles. The normalized spacial score (nSPS) is 17.1. The summed E-state index contributed by atoms with van der Waals surface area (Å²) in [7, 11) is 0. The van der Waals surface area contributed by atoms with Gasteiger partial charge in [-0.15, -0.1) is 0 Å². The number of thiazole rings is 1. The summed E-state index contributed by atoms with van der Waals surface area (Å²) in [5, 5.41) is 12.8. The minimum atomic E-state index is 0.316. The summed E-state index contributed by atoms with van der Waals surface area (Å²) in [5.74, 6) is 0.761. The molecule has 130 valence electrons. The van der Waals surface area contributed by atoms with Crippen LogP contribution >= 0.6 is 11.3 Å². The van der Waals surface area contributed by atoms with Crippen molar-refractivity contribution in [2.24, 2.45) is 0 Å². The van der Waals surface area contributed by atoms with Crippen molar-refractivity contribution in [3.05, 3.63) is 65.1 Å². The van der Waals surface area contributed by atoms with Crippen LogP contribution in [0.2, 0.25) is 0 Å². The quantitative estimate of drug-likeness (QED) is 0.742. The second-order valence-corrected chi connectivity index (χ2v) is 7.23. The number of hydrogen-bond donors (Lipinski definition) is 1. The molecule has 0 spiro atoms. The van der Waals surface area contributed by atoms with Gasteiger partial charge in [0, 0.05) is 18.9 Å². The van der Waals surface area contributed by atoms with Crippen LogP contribution in [-0.2, 0) is 6.54 Å². The van der Waals surface area contributed by atoms with E-state index in [2.05, 4.69) is 44.5 Å². The Kier molecular flexibility index (Phi) is 4.86. The maximum atomic E-state index is 8.92. The fourth-order valence-corrected chi connectivity index (χ4v) is 3.89. The molecule has 1 saturated heterocycles. The minimum Gasteiger partial charge on any atom is -0.316 e. The van der Waals surface area contributed by atoms with Gasteiger partial charge in [0.2, 0.25) is 0 Å². The Morgan fingerprint density at radius 3 is 2.96 bits per heavy atom. The van der Waals surface area contributed by atoms with Crippen molar-refractivity contribution in [2.75, 3.05) is 11.9 Å². The third-order valence-electron chi connectivity index (χ3n) is 4.46. The molecule has 0 aromatic carbocycles. The van der Waals surface area contributed by atoms with E-state index < -0.39 is 0 Å². The highest BCUT2D eigenvalue weighted by Crippen LogP contribution is 2.33. The predicted octanol–water partition coefficient (Wildman–Crippen LogP) is 3.89. The molecule has 1 fully saturated rings. The van der Waals surface area contributed by atoms with Crippen LogP contribution in [0.5, 0.6) is 0 Å². The number of anilines is 2. The van der Waals surface area contributed by atoms with E-state index >= 15 is 0 Å². The lowest BCUT2D eigenvalue weighted by Crippen LogP contribution is -2.23. The highest BCUT2D eigenvalue weighted by molar-refractivity contribution is 7.16. The number of pyridine rings is 2. The molecule has 26 heavy (non-hydrogen) atoms. The zero-order valence-corrected chi connectivity index (χ0v) is 15.0. The van der Waals surface area contributed by atoms with Crippen LogP contribution in [0.25, 0.3) is 0 Å². The Labute approximate surface area is 156 Å². The maximum Gasteiger partial charge on any atom is 0.189 e. The van der Waals surface area contributed by atoms with E-state index in [1.165, 1.54) is 23.3 Å². The molecule has 0 aliphatic carbocycles. The lowest BCUT2D eigenvalue weighted by Gasteiger charge is -2.24. The van der Waals surface area contributed by atoms with Gasteiger partial charge in [-0.1, -0.05) is 17.4 Å². The average molecular weight is 362 g/mol. The summed E-state index contributed by atoms with van der Waals surface area (Å²) in [4.78, 5) is 16.2. The number of likely N-dealkylation sites (tertiary alicyclic amines) is 1. The highest BCUT2D eigenvalue weighted by Gasteiger charge is 2.27. The van der Waals surface area contributed by atoms with Gasteiger partial charge in [0.15, 0.2) is 5.13 Å². The summed E-state index contributed by atoms with van der Waals surface area (Å²) < 4.78 is 0. The lowest BCUT2D eigenvalue weighted by atomic mass is 10.1. The van der Waals surface area contributed by atoms with E-state index in [9.17, 15) is 0 Å². The van der Waals surface area contributed by atoms with Crippen LogP contribution in [0.3, 0.4) is 0 Å². The standard InChI is InChI=1S/C19H18N6S/c20-11-15-12-22-19(26-15)24-18-5-1-3-16(23-18)17-4-2-10-25(17)13-14-6-8-21-9-7-14/h1,3,5-9,12,17H,2,4,10,13H2,(H,22,23,24)/t17-/m0/s1. The van der Waals surface area contributed by atoms with Crippen molar-refractivity contribution in [2.45, 2.75) is 25.4 Å². The molecule has 6 nitrogen and oxygen atoms in total. The van der Waals surface area contributed by atoms with Crippen LogP contribution in [0, 0.1) is 11.3 Å². The van der Waals surface area contributed by atoms with E-state index in [0.717, 1.165) is 31.0 Å². The average Bonchev–Trinajstić information content (AvgIpc) is 3.32. The number of nitrogens with one attached hydrogen (secondary N) is 1. The summed E-state index contributed by atoms with van der Waals surface area (Å²) in [5.41, 5.74) is 2.34. The second-order valence-electron chi connectivity index (χ2n) is 6.20. The number of aromatic nitrogens is 3. The molecule has 7 heteroatoms. The second kappa shape index (κ2) is 7.60.